The second-order valence-corrected chi connectivity index (χ2v) is 3.65. The van der Waals surface area contributed by atoms with Crippen molar-refractivity contribution in [1.29, 1.82) is 5.26 Å². The van der Waals surface area contributed by atoms with Crippen LogP contribution in [0.25, 0.3) is 0 Å². The Kier molecular flexibility index (Phi) is 3.76. The minimum Gasteiger partial charge on any atom is -0.454 e. The Morgan fingerprint density at radius 2 is 2.25 bits per heavy atom. The third-order valence-electron chi connectivity index (χ3n) is 2.35. The average Bonchev–Trinajstić information content (AvgIpc) is 2.85. The molecule has 1 heterocycles. The molecule has 9 heteroatoms. The zero-order valence-electron chi connectivity index (χ0n) is 10.0. The molecule has 0 saturated heterocycles. The van der Waals surface area contributed by atoms with Crippen molar-refractivity contribution in [3.05, 3.63) is 27.8 Å². The number of nitriles is 1. The Morgan fingerprint density at radius 1 is 1.55 bits per heavy atom. The predicted octanol–water partition coefficient (Wildman–Crippen LogP) is 0.687. The lowest BCUT2D eigenvalue weighted by molar-refractivity contribution is -0.385. The summed E-state index contributed by atoms with van der Waals surface area (Å²) in [5, 5.41) is 22.8. The summed E-state index contributed by atoms with van der Waals surface area (Å²) in [6, 6.07) is 4.26. The van der Waals surface area contributed by atoms with E-state index >= 15 is 0 Å². The molecule has 0 saturated carbocycles. The van der Waals surface area contributed by atoms with Gasteiger partial charge >= 0.3 is 0 Å². The van der Waals surface area contributed by atoms with Crippen LogP contribution in [0.2, 0.25) is 0 Å². The van der Waals surface area contributed by atoms with E-state index in [2.05, 4.69) is 10.5 Å². The van der Waals surface area contributed by atoms with E-state index in [4.69, 9.17) is 14.7 Å². The first-order valence-corrected chi connectivity index (χ1v) is 5.38. The summed E-state index contributed by atoms with van der Waals surface area (Å²) < 4.78 is 10.1. The number of nitro groups is 1. The molecule has 1 aromatic rings. The van der Waals surface area contributed by atoms with Gasteiger partial charge in [-0.1, -0.05) is 0 Å². The number of nitrogens with zero attached hydrogens (tertiary/aromatic N) is 3. The zero-order valence-corrected chi connectivity index (χ0v) is 10.0. The SMILES string of the molecule is N#CCC(=O)N/N=C\c1cc2c(cc1[N+](=O)[O-])OCO2. The van der Waals surface area contributed by atoms with Crippen LogP contribution in [-0.2, 0) is 4.79 Å². The Morgan fingerprint density at radius 3 is 2.90 bits per heavy atom. The van der Waals surface area contributed by atoms with E-state index in [1.165, 1.54) is 12.1 Å². The van der Waals surface area contributed by atoms with Crippen LogP contribution in [0.5, 0.6) is 11.5 Å². The van der Waals surface area contributed by atoms with Crippen LogP contribution >= 0.6 is 0 Å². The van der Waals surface area contributed by atoms with Crippen molar-refractivity contribution < 1.29 is 19.2 Å². The number of fused-ring (bicyclic) bond motifs is 1. The molecule has 9 nitrogen and oxygen atoms in total. The number of rotatable bonds is 4. The molecule has 0 radical (unpaired) electrons. The maximum atomic E-state index is 11.0. The van der Waals surface area contributed by atoms with Crippen molar-refractivity contribution in [2.45, 2.75) is 6.42 Å². The van der Waals surface area contributed by atoms with Crippen LogP contribution in [0, 0.1) is 21.4 Å². The summed E-state index contributed by atoms with van der Waals surface area (Å²) in [5.41, 5.74) is 2.00. The smallest absolute Gasteiger partial charge is 0.282 e. The van der Waals surface area contributed by atoms with Gasteiger partial charge in [0.2, 0.25) is 6.79 Å². The largest absolute Gasteiger partial charge is 0.454 e. The number of amides is 1. The molecule has 2 rings (SSSR count). The molecule has 0 fully saturated rings. The van der Waals surface area contributed by atoms with Crippen molar-refractivity contribution in [1.82, 2.24) is 5.43 Å². The third-order valence-corrected chi connectivity index (χ3v) is 2.35. The highest BCUT2D eigenvalue weighted by molar-refractivity contribution is 5.88. The number of carbonyl (C=O) groups excluding carboxylic acids is 1. The number of benzene rings is 1. The Bertz CT molecular complexity index is 634. The van der Waals surface area contributed by atoms with Gasteiger partial charge in [-0.2, -0.15) is 10.4 Å². The molecule has 0 unspecified atom stereocenters. The van der Waals surface area contributed by atoms with Crippen molar-refractivity contribution in [3.63, 3.8) is 0 Å². The number of nitro benzene ring substituents is 1. The summed E-state index contributed by atoms with van der Waals surface area (Å²) in [5.74, 6) is 0.0370. The minimum absolute atomic E-state index is 0.00795. The fourth-order valence-electron chi connectivity index (χ4n) is 1.49. The van der Waals surface area contributed by atoms with Crippen molar-refractivity contribution >= 4 is 17.8 Å². The molecule has 0 spiro atoms. The molecule has 0 atom stereocenters. The molecule has 0 aliphatic carbocycles. The normalized spacial score (nSPS) is 12.2. The van der Waals surface area contributed by atoms with Gasteiger partial charge in [-0.3, -0.25) is 14.9 Å². The fraction of sp³-hybridized carbons (Fsp3) is 0.182. The first kappa shape index (κ1) is 13.3. The van der Waals surface area contributed by atoms with Gasteiger partial charge in [-0.25, -0.2) is 5.43 Å². The van der Waals surface area contributed by atoms with Gasteiger partial charge in [0.15, 0.2) is 11.5 Å². The quantitative estimate of drug-likeness (QED) is 0.489. The number of nitrogens with one attached hydrogen (secondary N) is 1. The van der Waals surface area contributed by atoms with Crippen LogP contribution in [0.4, 0.5) is 5.69 Å². The Labute approximate surface area is 112 Å². The van der Waals surface area contributed by atoms with Gasteiger partial charge in [0.25, 0.3) is 11.6 Å². The highest BCUT2D eigenvalue weighted by atomic mass is 16.7. The molecular formula is C11H8N4O5. The van der Waals surface area contributed by atoms with E-state index in [0.717, 1.165) is 6.21 Å². The summed E-state index contributed by atoms with van der Waals surface area (Å²) in [4.78, 5) is 21.4. The van der Waals surface area contributed by atoms with Crippen molar-refractivity contribution in [2.24, 2.45) is 5.10 Å². The summed E-state index contributed by atoms with van der Waals surface area (Å²) in [6.07, 6.45) is 0.760. The van der Waals surface area contributed by atoms with Gasteiger partial charge in [0, 0.05) is 0 Å². The van der Waals surface area contributed by atoms with Gasteiger partial charge in [0.1, 0.15) is 6.42 Å². The molecule has 0 bridgehead atoms. The molecule has 1 amide bonds. The maximum absolute atomic E-state index is 11.0. The minimum atomic E-state index is -0.604. The number of hydrazone groups is 1. The Balaban J connectivity index is 2.22. The first-order valence-electron chi connectivity index (χ1n) is 5.38. The summed E-state index contributed by atoms with van der Waals surface area (Å²) in [7, 11) is 0. The molecular weight excluding hydrogens is 268 g/mol. The molecule has 20 heavy (non-hydrogen) atoms. The molecule has 102 valence electrons. The zero-order chi connectivity index (χ0) is 14.5. The van der Waals surface area contributed by atoms with Crippen LogP contribution in [0.15, 0.2) is 17.2 Å². The van der Waals surface area contributed by atoms with Gasteiger partial charge in [-0.15, -0.1) is 0 Å². The second-order valence-electron chi connectivity index (χ2n) is 3.65. The lowest BCUT2D eigenvalue weighted by Crippen LogP contribution is -2.16. The van der Waals surface area contributed by atoms with E-state index in [-0.39, 0.29) is 30.2 Å². The molecule has 1 aliphatic rings. The van der Waals surface area contributed by atoms with Crippen molar-refractivity contribution in [2.75, 3.05) is 6.79 Å². The number of ether oxygens (including phenoxy) is 2. The van der Waals surface area contributed by atoms with E-state index in [0.29, 0.717) is 5.75 Å². The van der Waals surface area contributed by atoms with E-state index in [9.17, 15) is 14.9 Å². The fourth-order valence-corrected chi connectivity index (χ4v) is 1.49. The Hall–Kier alpha value is -3.15. The number of carbonyl (C=O) groups is 1. The van der Waals surface area contributed by atoms with Crippen LogP contribution in [-0.4, -0.2) is 23.8 Å². The first-order chi connectivity index (χ1) is 9.61. The van der Waals surface area contributed by atoms with Gasteiger partial charge in [0.05, 0.1) is 28.8 Å². The molecule has 1 aliphatic heterocycles. The lowest BCUT2D eigenvalue weighted by atomic mass is 10.1. The second kappa shape index (κ2) is 5.66. The van der Waals surface area contributed by atoms with Crippen LogP contribution in [0.3, 0.4) is 0 Å². The standard InChI is InChI=1S/C11H8N4O5/c12-2-1-11(16)14-13-5-7-3-9-10(20-6-19-9)4-8(7)15(17)18/h3-5H,1,6H2,(H,14,16)/b13-5-. The molecule has 1 aromatic carbocycles. The maximum Gasteiger partial charge on any atom is 0.282 e. The third kappa shape index (κ3) is 2.81. The van der Waals surface area contributed by atoms with Crippen molar-refractivity contribution in [3.8, 4) is 17.6 Å². The highest BCUT2D eigenvalue weighted by Crippen LogP contribution is 2.37. The predicted molar refractivity (Wildman–Crippen MR) is 65.2 cm³/mol. The van der Waals surface area contributed by atoms with E-state index < -0.39 is 10.8 Å². The monoisotopic (exact) mass is 276 g/mol. The van der Waals surface area contributed by atoms with Gasteiger partial charge < -0.3 is 9.47 Å². The summed E-state index contributed by atoms with van der Waals surface area (Å²) in [6.45, 7) is -0.00795. The number of hydrogen-bond donors (Lipinski definition) is 1. The molecule has 0 aromatic heterocycles. The van der Waals surface area contributed by atoms with E-state index in [1.807, 2.05) is 0 Å². The topological polar surface area (TPSA) is 127 Å². The lowest BCUT2D eigenvalue weighted by Gasteiger charge is -2.00. The van der Waals surface area contributed by atoms with Crippen LogP contribution < -0.4 is 14.9 Å². The average molecular weight is 276 g/mol. The number of hydrogen-bond acceptors (Lipinski definition) is 7. The molecule has 1 N–H and O–H groups in total. The summed E-state index contributed by atoms with van der Waals surface area (Å²) >= 11 is 0. The van der Waals surface area contributed by atoms with Crippen LogP contribution in [0.1, 0.15) is 12.0 Å². The van der Waals surface area contributed by atoms with Gasteiger partial charge in [-0.05, 0) is 6.07 Å². The van der Waals surface area contributed by atoms with E-state index in [1.54, 1.807) is 6.07 Å². The highest BCUT2D eigenvalue weighted by Gasteiger charge is 2.22.